The highest BCUT2D eigenvalue weighted by atomic mass is 16.1. The lowest BCUT2D eigenvalue weighted by Crippen LogP contribution is -2.12. The number of nitrogens with zero attached hydrogens (tertiary/aromatic N) is 1. The third-order valence-electron chi connectivity index (χ3n) is 4.81. The Morgan fingerprint density at radius 2 is 1.74 bits per heavy atom. The largest absolute Gasteiger partial charge is 0.358 e. The summed E-state index contributed by atoms with van der Waals surface area (Å²) < 4.78 is 0. The third kappa shape index (κ3) is 4.03. The maximum absolute atomic E-state index is 12.5. The number of unbranched alkanes of at least 4 members (excludes halogenated alkanes) is 1. The monoisotopic (exact) mass is 359 g/mol. The molecule has 0 saturated heterocycles. The van der Waals surface area contributed by atoms with E-state index >= 15 is 0 Å². The molecular formula is C23H25N3O. The third-order valence-corrected chi connectivity index (χ3v) is 4.81. The lowest BCUT2D eigenvalue weighted by Gasteiger charge is -2.07. The first-order valence-corrected chi connectivity index (χ1v) is 9.61. The van der Waals surface area contributed by atoms with Gasteiger partial charge in [0.1, 0.15) is 11.6 Å². The van der Waals surface area contributed by atoms with Gasteiger partial charge in [0.25, 0.3) is 5.56 Å². The van der Waals surface area contributed by atoms with Gasteiger partial charge in [-0.05, 0) is 42.5 Å². The van der Waals surface area contributed by atoms with Gasteiger partial charge in [0.2, 0.25) is 0 Å². The molecule has 0 spiro atoms. The van der Waals surface area contributed by atoms with Crippen molar-refractivity contribution >= 4 is 0 Å². The van der Waals surface area contributed by atoms with E-state index in [1.807, 2.05) is 36.4 Å². The molecule has 0 amide bonds. The molecule has 0 fully saturated rings. The maximum Gasteiger partial charge on any atom is 0.267 e. The Hall–Kier alpha value is -3.06. The van der Waals surface area contributed by atoms with E-state index in [-0.39, 0.29) is 11.1 Å². The van der Waals surface area contributed by atoms with Crippen LogP contribution in [0.3, 0.4) is 0 Å². The minimum absolute atomic E-state index is 0.154. The second-order valence-corrected chi connectivity index (χ2v) is 6.82. The number of nitriles is 1. The summed E-state index contributed by atoms with van der Waals surface area (Å²) in [5.41, 5.74) is 5.47. The molecule has 2 aromatic heterocycles. The van der Waals surface area contributed by atoms with Crippen molar-refractivity contribution in [2.24, 2.45) is 0 Å². The fourth-order valence-electron chi connectivity index (χ4n) is 3.41. The number of H-pyrrole nitrogens is 2. The lowest BCUT2D eigenvalue weighted by atomic mass is 10.0. The van der Waals surface area contributed by atoms with Gasteiger partial charge in [-0.2, -0.15) is 5.26 Å². The summed E-state index contributed by atoms with van der Waals surface area (Å²) in [4.78, 5) is 18.9. The number of pyridine rings is 1. The van der Waals surface area contributed by atoms with Crippen LogP contribution in [0.2, 0.25) is 0 Å². The van der Waals surface area contributed by atoms with Gasteiger partial charge in [-0.25, -0.2) is 0 Å². The number of benzene rings is 1. The number of nitrogens with one attached hydrogen (secondary N) is 2. The van der Waals surface area contributed by atoms with Crippen LogP contribution in [0, 0.1) is 11.3 Å². The molecule has 4 nitrogen and oxygen atoms in total. The molecule has 1 aromatic carbocycles. The van der Waals surface area contributed by atoms with E-state index in [1.165, 1.54) is 11.3 Å². The van der Waals surface area contributed by atoms with Crippen LogP contribution >= 0.6 is 0 Å². The topological polar surface area (TPSA) is 72.4 Å². The molecule has 0 unspecified atom stereocenters. The van der Waals surface area contributed by atoms with E-state index in [4.69, 9.17) is 0 Å². The molecular weight excluding hydrogens is 334 g/mol. The van der Waals surface area contributed by atoms with Crippen LogP contribution in [0.5, 0.6) is 0 Å². The Balaban J connectivity index is 2.14. The van der Waals surface area contributed by atoms with Gasteiger partial charge < -0.3 is 9.97 Å². The van der Waals surface area contributed by atoms with Crippen molar-refractivity contribution in [1.82, 2.24) is 9.97 Å². The van der Waals surface area contributed by atoms with Crippen molar-refractivity contribution in [3.05, 3.63) is 69.6 Å². The molecule has 0 aliphatic rings. The summed E-state index contributed by atoms with van der Waals surface area (Å²) in [6.45, 7) is 4.34. The zero-order chi connectivity index (χ0) is 19.2. The molecule has 0 aliphatic heterocycles. The van der Waals surface area contributed by atoms with Crippen LogP contribution in [-0.4, -0.2) is 9.97 Å². The van der Waals surface area contributed by atoms with Crippen molar-refractivity contribution in [3.8, 4) is 28.6 Å². The number of aryl methyl sites for hydroxylation is 2. The van der Waals surface area contributed by atoms with Gasteiger partial charge in [0.05, 0.1) is 0 Å². The summed E-state index contributed by atoms with van der Waals surface area (Å²) >= 11 is 0. The highest BCUT2D eigenvalue weighted by Crippen LogP contribution is 2.28. The molecule has 4 heteroatoms. The Morgan fingerprint density at radius 3 is 2.41 bits per heavy atom. The summed E-state index contributed by atoms with van der Waals surface area (Å²) in [6.07, 6.45) is 5.29. The zero-order valence-electron chi connectivity index (χ0n) is 15.9. The SMILES string of the molecule is CCCCc1[nH]c(-c2cc(-c3ccccc3)[nH]c(=O)c2C#N)cc1CCC. The van der Waals surface area contributed by atoms with E-state index in [0.29, 0.717) is 5.56 Å². The van der Waals surface area contributed by atoms with E-state index in [2.05, 4.69) is 36.0 Å². The molecule has 0 bridgehead atoms. The fraction of sp³-hybridized carbons (Fsp3) is 0.304. The molecule has 3 rings (SSSR count). The van der Waals surface area contributed by atoms with Gasteiger partial charge in [0, 0.05) is 22.6 Å². The van der Waals surface area contributed by atoms with Crippen molar-refractivity contribution in [2.45, 2.75) is 46.0 Å². The van der Waals surface area contributed by atoms with Crippen LogP contribution in [0.4, 0.5) is 0 Å². The van der Waals surface area contributed by atoms with E-state index in [1.54, 1.807) is 0 Å². The van der Waals surface area contributed by atoms with Crippen LogP contribution in [-0.2, 0) is 12.8 Å². The molecule has 0 saturated carbocycles. The minimum Gasteiger partial charge on any atom is -0.358 e. The first kappa shape index (κ1) is 18.7. The van der Waals surface area contributed by atoms with Gasteiger partial charge in [-0.15, -0.1) is 0 Å². The summed E-state index contributed by atoms with van der Waals surface area (Å²) in [5.74, 6) is 0. The quantitative estimate of drug-likeness (QED) is 0.608. The average Bonchev–Trinajstić information content (AvgIpc) is 3.09. The number of hydrogen-bond acceptors (Lipinski definition) is 2. The van der Waals surface area contributed by atoms with Crippen LogP contribution in [0.1, 0.15) is 49.9 Å². The first-order valence-electron chi connectivity index (χ1n) is 9.61. The molecule has 27 heavy (non-hydrogen) atoms. The molecule has 3 aromatic rings. The number of aromatic nitrogens is 2. The zero-order valence-corrected chi connectivity index (χ0v) is 15.9. The van der Waals surface area contributed by atoms with E-state index < -0.39 is 0 Å². The first-order chi connectivity index (χ1) is 13.2. The van der Waals surface area contributed by atoms with E-state index in [0.717, 1.165) is 49.1 Å². The molecule has 2 heterocycles. The summed E-state index contributed by atoms with van der Waals surface area (Å²) in [6, 6.07) is 15.8. The lowest BCUT2D eigenvalue weighted by molar-refractivity contribution is 0.767. The maximum atomic E-state index is 12.5. The smallest absolute Gasteiger partial charge is 0.267 e. The summed E-state index contributed by atoms with van der Waals surface area (Å²) in [7, 11) is 0. The molecule has 0 aliphatic carbocycles. The van der Waals surface area contributed by atoms with Gasteiger partial charge in [-0.3, -0.25) is 4.79 Å². The van der Waals surface area contributed by atoms with Gasteiger partial charge >= 0.3 is 0 Å². The van der Waals surface area contributed by atoms with Crippen molar-refractivity contribution in [1.29, 1.82) is 5.26 Å². The van der Waals surface area contributed by atoms with E-state index in [9.17, 15) is 10.1 Å². The highest BCUT2D eigenvalue weighted by molar-refractivity contribution is 5.74. The molecule has 0 atom stereocenters. The Bertz CT molecular complexity index is 1010. The van der Waals surface area contributed by atoms with Gasteiger partial charge in [0.15, 0.2) is 0 Å². The second kappa shape index (κ2) is 8.55. The Kier molecular flexibility index (Phi) is 5.93. The van der Waals surface area contributed by atoms with Crippen molar-refractivity contribution in [3.63, 3.8) is 0 Å². The van der Waals surface area contributed by atoms with Crippen molar-refractivity contribution < 1.29 is 0 Å². The Labute approximate surface area is 159 Å². The van der Waals surface area contributed by atoms with Crippen LogP contribution < -0.4 is 5.56 Å². The predicted molar refractivity (Wildman–Crippen MR) is 110 cm³/mol. The predicted octanol–water partition coefficient (Wildman–Crippen LogP) is 5.20. The highest BCUT2D eigenvalue weighted by Gasteiger charge is 2.16. The molecule has 0 radical (unpaired) electrons. The number of hydrogen-bond donors (Lipinski definition) is 2. The van der Waals surface area contributed by atoms with Crippen molar-refractivity contribution in [2.75, 3.05) is 0 Å². The summed E-state index contributed by atoms with van der Waals surface area (Å²) in [5, 5.41) is 9.56. The van der Waals surface area contributed by atoms with Gasteiger partial charge in [-0.1, -0.05) is 57.0 Å². The van der Waals surface area contributed by atoms with Crippen LogP contribution in [0.15, 0.2) is 47.3 Å². The second-order valence-electron chi connectivity index (χ2n) is 6.82. The molecule has 138 valence electrons. The minimum atomic E-state index is -0.351. The normalized spacial score (nSPS) is 10.7. The molecule has 2 N–H and O–H groups in total. The standard InChI is InChI=1S/C23H25N3O/c1-3-5-12-20-17(9-4-2)13-22(25-20)18-14-21(16-10-7-6-8-11-16)26-23(27)19(18)15-24/h6-8,10-11,13-14,25H,3-5,9,12H2,1-2H3,(H,26,27). The number of aromatic amines is 2. The fourth-order valence-corrected chi connectivity index (χ4v) is 3.41. The Morgan fingerprint density at radius 1 is 0.963 bits per heavy atom. The average molecular weight is 359 g/mol. The van der Waals surface area contributed by atoms with Crippen LogP contribution in [0.25, 0.3) is 22.5 Å². The number of rotatable bonds is 7.